The van der Waals surface area contributed by atoms with Gasteiger partial charge in [0.1, 0.15) is 6.54 Å². The van der Waals surface area contributed by atoms with Crippen molar-refractivity contribution in [2.45, 2.75) is 25.8 Å². The van der Waals surface area contributed by atoms with Gasteiger partial charge in [-0.1, -0.05) is 59.6 Å². The van der Waals surface area contributed by atoms with Crippen LogP contribution in [0.1, 0.15) is 41.0 Å². The van der Waals surface area contributed by atoms with E-state index >= 15 is 0 Å². The number of rotatable bonds is 10. The highest BCUT2D eigenvalue weighted by Gasteiger charge is 2.34. The van der Waals surface area contributed by atoms with E-state index in [9.17, 15) is 9.59 Å². The molecule has 0 radical (unpaired) electrons. The zero-order chi connectivity index (χ0) is 26.2. The summed E-state index contributed by atoms with van der Waals surface area (Å²) in [5, 5.41) is 3.11. The molecule has 3 aromatic rings. The average molecular weight is 558 g/mol. The first-order chi connectivity index (χ1) is 18.0. The fourth-order valence-electron chi connectivity index (χ4n) is 4.50. The Balaban J connectivity index is 1.57. The van der Waals surface area contributed by atoms with E-state index in [1.807, 2.05) is 53.6 Å². The number of amides is 2. The van der Waals surface area contributed by atoms with Crippen molar-refractivity contribution >= 4 is 52.4 Å². The van der Waals surface area contributed by atoms with E-state index in [4.69, 9.17) is 27.9 Å². The second-order valence-electron chi connectivity index (χ2n) is 8.76. The second kappa shape index (κ2) is 13.2. The second-order valence-corrected chi connectivity index (χ2v) is 10.6. The number of carbonyl (C=O) groups is 2. The zero-order valence-corrected chi connectivity index (χ0v) is 23.1. The van der Waals surface area contributed by atoms with Gasteiger partial charge < -0.3 is 14.5 Å². The molecule has 4 rings (SSSR count). The molecule has 0 saturated heterocycles. The molecule has 1 aliphatic rings. The molecule has 0 N–H and O–H groups in total. The Hall–Kier alpha value is -2.64. The summed E-state index contributed by atoms with van der Waals surface area (Å²) < 4.78 is 5.47. The van der Waals surface area contributed by atoms with Crippen LogP contribution in [0.2, 0.25) is 10.0 Å². The van der Waals surface area contributed by atoms with Crippen LogP contribution in [0.4, 0.5) is 0 Å². The van der Waals surface area contributed by atoms with Crippen molar-refractivity contribution in [1.29, 1.82) is 0 Å². The molecule has 1 aromatic heterocycles. The molecule has 1 unspecified atom stereocenters. The minimum absolute atomic E-state index is 0.0226. The van der Waals surface area contributed by atoms with Crippen LogP contribution in [-0.4, -0.2) is 54.5 Å². The van der Waals surface area contributed by atoms with E-state index < -0.39 is 0 Å². The summed E-state index contributed by atoms with van der Waals surface area (Å²) in [6.07, 6.45) is 4.72. The molecule has 0 fully saturated rings. The van der Waals surface area contributed by atoms with Crippen LogP contribution in [0.25, 0.3) is 6.08 Å². The van der Waals surface area contributed by atoms with E-state index in [-0.39, 0.29) is 24.4 Å². The molecular formula is C29H30Cl2N2O3S. The molecular weight excluding hydrogens is 527 g/mol. The largest absolute Gasteiger partial charge is 0.382 e. The lowest BCUT2D eigenvalue weighted by molar-refractivity contribution is -0.139. The van der Waals surface area contributed by atoms with Crippen LogP contribution < -0.4 is 0 Å². The molecule has 194 valence electrons. The highest BCUT2D eigenvalue weighted by Crippen LogP contribution is 2.41. The van der Waals surface area contributed by atoms with Crippen molar-refractivity contribution in [2.75, 3.05) is 32.8 Å². The molecule has 0 bridgehead atoms. The van der Waals surface area contributed by atoms with Crippen molar-refractivity contribution in [3.63, 3.8) is 0 Å². The minimum atomic E-state index is -0.326. The van der Waals surface area contributed by atoms with Crippen LogP contribution in [0.3, 0.4) is 0 Å². The first kappa shape index (κ1) is 27.4. The van der Waals surface area contributed by atoms with Gasteiger partial charge in [0.05, 0.1) is 6.04 Å². The lowest BCUT2D eigenvalue weighted by atomic mass is 9.93. The van der Waals surface area contributed by atoms with E-state index in [0.29, 0.717) is 42.8 Å². The summed E-state index contributed by atoms with van der Waals surface area (Å²) >= 11 is 14.5. The smallest absolute Gasteiger partial charge is 0.247 e. The molecule has 0 aliphatic carbocycles. The van der Waals surface area contributed by atoms with Crippen LogP contribution in [0.15, 0.2) is 66.1 Å². The van der Waals surface area contributed by atoms with Gasteiger partial charge in [-0.15, -0.1) is 11.3 Å². The lowest BCUT2D eigenvalue weighted by Gasteiger charge is -2.38. The molecule has 1 atom stereocenters. The topological polar surface area (TPSA) is 49.9 Å². The maximum absolute atomic E-state index is 13.8. The maximum Gasteiger partial charge on any atom is 0.247 e. The van der Waals surface area contributed by atoms with Gasteiger partial charge in [0.15, 0.2) is 0 Å². The first-order valence-electron chi connectivity index (χ1n) is 12.4. The minimum Gasteiger partial charge on any atom is -0.382 e. The van der Waals surface area contributed by atoms with Gasteiger partial charge in [0.25, 0.3) is 0 Å². The van der Waals surface area contributed by atoms with Crippen LogP contribution in [-0.2, 0) is 20.7 Å². The van der Waals surface area contributed by atoms with E-state index in [2.05, 4.69) is 6.07 Å². The standard InChI is InChI=1S/C29H30Cl2N2O3S/c1-2-36-17-6-15-32(27(34)12-9-21-7-4-3-5-8-21)20-28(35)33-16-13-26-24(14-18-37-26)29(33)23-11-10-22(30)19-25(23)31/h3-5,7-12,14,18-19,29H,2,6,13,15-17,20H2,1H3/b12-9+. The summed E-state index contributed by atoms with van der Waals surface area (Å²) in [5.74, 6) is -0.325. The number of ether oxygens (including phenoxy) is 1. The summed E-state index contributed by atoms with van der Waals surface area (Å²) in [5.41, 5.74) is 2.83. The monoisotopic (exact) mass is 556 g/mol. The molecule has 0 saturated carbocycles. The van der Waals surface area contributed by atoms with E-state index in [1.54, 1.807) is 34.4 Å². The molecule has 2 amide bonds. The molecule has 8 heteroatoms. The predicted octanol–water partition coefficient (Wildman–Crippen LogP) is 6.50. The molecule has 2 heterocycles. The number of hydrogen-bond donors (Lipinski definition) is 0. The lowest BCUT2D eigenvalue weighted by Crippen LogP contribution is -2.46. The normalized spacial score (nSPS) is 15.1. The summed E-state index contributed by atoms with van der Waals surface area (Å²) in [4.78, 5) is 31.7. The Labute approximate surface area is 232 Å². The third-order valence-electron chi connectivity index (χ3n) is 6.32. The SMILES string of the molecule is CCOCCCN(CC(=O)N1CCc2sccc2C1c1ccc(Cl)cc1Cl)C(=O)/C=C/c1ccccc1. The van der Waals surface area contributed by atoms with Gasteiger partial charge in [-0.3, -0.25) is 9.59 Å². The van der Waals surface area contributed by atoms with Gasteiger partial charge in [-0.25, -0.2) is 0 Å². The number of fused-ring (bicyclic) bond motifs is 1. The number of halogens is 2. The van der Waals surface area contributed by atoms with E-state index in [0.717, 1.165) is 23.1 Å². The van der Waals surface area contributed by atoms with Gasteiger partial charge >= 0.3 is 0 Å². The highest BCUT2D eigenvalue weighted by atomic mass is 35.5. The highest BCUT2D eigenvalue weighted by molar-refractivity contribution is 7.10. The third-order valence-corrected chi connectivity index (χ3v) is 7.88. The van der Waals surface area contributed by atoms with Crippen LogP contribution in [0.5, 0.6) is 0 Å². The summed E-state index contributed by atoms with van der Waals surface area (Å²) in [7, 11) is 0. The number of nitrogens with zero attached hydrogens (tertiary/aromatic N) is 2. The predicted molar refractivity (Wildman–Crippen MR) is 151 cm³/mol. The van der Waals surface area contributed by atoms with E-state index in [1.165, 1.54) is 11.0 Å². The molecule has 1 aliphatic heterocycles. The van der Waals surface area contributed by atoms with Crippen molar-refractivity contribution < 1.29 is 14.3 Å². The first-order valence-corrected chi connectivity index (χ1v) is 14.0. The average Bonchev–Trinajstić information content (AvgIpc) is 3.38. The van der Waals surface area contributed by atoms with Gasteiger partial charge in [0, 0.05) is 47.3 Å². The fourth-order valence-corrected chi connectivity index (χ4v) is 5.92. The van der Waals surface area contributed by atoms with Gasteiger partial charge in [-0.05, 0) is 66.1 Å². The van der Waals surface area contributed by atoms with Crippen LogP contribution >= 0.6 is 34.5 Å². The quantitative estimate of drug-likeness (QED) is 0.211. The molecule has 37 heavy (non-hydrogen) atoms. The number of benzene rings is 2. The number of thiophene rings is 1. The van der Waals surface area contributed by atoms with Crippen LogP contribution in [0, 0.1) is 0 Å². The van der Waals surface area contributed by atoms with Gasteiger partial charge in [0.2, 0.25) is 11.8 Å². The Morgan fingerprint density at radius 1 is 1.14 bits per heavy atom. The van der Waals surface area contributed by atoms with Crippen molar-refractivity contribution in [3.8, 4) is 0 Å². The Kier molecular flexibility index (Phi) is 9.81. The fraction of sp³-hybridized carbons (Fsp3) is 0.310. The maximum atomic E-state index is 13.8. The molecule has 0 spiro atoms. The van der Waals surface area contributed by atoms with Crippen molar-refractivity contribution in [2.24, 2.45) is 0 Å². The molecule has 2 aromatic carbocycles. The van der Waals surface area contributed by atoms with Gasteiger partial charge in [-0.2, -0.15) is 0 Å². The number of hydrogen-bond acceptors (Lipinski definition) is 4. The van der Waals surface area contributed by atoms with Crippen molar-refractivity contribution in [1.82, 2.24) is 9.80 Å². The number of carbonyl (C=O) groups excluding carboxylic acids is 2. The summed E-state index contributed by atoms with van der Waals surface area (Å²) in [6.45, 7) is 4.03. The van der Waals surface area contributed by atoms with Crippen molar-refractivity contribution in [3.05, 3.63) is 97.7 Å². The zero-order valence-electron chi connectivity index (χ0n) is 20.7. The Bertz CT molecular complexity index is 1240. The third kappa shape index (κ3) is 7.02. The molecule has 5 nitrogen and oxygen atoms in total. The Morgan fingerprint density at radius 2 is 1.95 bits per heavy atom. The summed E-state index contributed by atoms with van der Waals surface area (Å²) in [6, 6.07) is 16.8. The Morgan fingerprint density at radius 3 is 2.70 bits per heavy atom.